The van der Waals surface area contributed by atoms with E-state index in [0.29, 0.717) is 13.3 Å². The Balaban J connectivity index is 2.41. The largest absolute Gasteiger partial charge is 0.365 e. The van der Waals surface area contributed by atoms with Crippen molar-refractivity contribution in [1.29, 1.82) is 0 Å². The van der Waals surface area contributed by atoms with E-state index in [2.05, 4.69) is 54.7 Å². The summed E-state index contributed by atoms with van der Waals surface area (Å²) in [6, 6.07) is 6.46. The molecule has 1 aliphatic rings. The zero-order chi connectivity index (χ0) is 13.7. The normalized spacial score (nSPS) is 21.6. The molecule has 1 atom stereocenters. The van der Waals surface area contributed by atoms with E-state index in [0.717, 1.165) is 12.1 Å². The molecule has 0 fully saturated rings. The van der Waals surface area contributed by atoms with Crippen LogP contribution in [0.25, 0.3) is 0 Å². The molecule has 0 spiro atoms. The summed E-state index contributed by atoms with van der Waals surface area (Å²) in [5, 5.41) is 3.32. The number of aryl methyl sites for hydroxylation is 1. The molecule has 3 nitrogen and oxygen atoms in total. The van der Waals surface area contributed by atoms with Crippen molar-refractivity contribution < 1.29 is 4.74 Å². The third-order valence-corrected chi connectivity index (χ3v) is 3.63. The third-order valence-electron chi connectivity index (χ3n) is 3.63. The van der Waals surface area contributed by atoms with Gasteiger partial charge in [0.05, 0.1) is 0 Å². The minimum absolute atomic E-state index is 0.113. The Morgan fingerprint density at radius 2 is 2.21 bits per heavy atom. The lowest BCUT2D eigenvalue weighted by molar-refractivity contribution is 0.221. The van der Waals surface area contributed by atoms with Crippen molar-refractivity contribution >= 4 is 5.69 Å². The summed E-state index contributed by atoms with van der Waals surface area (Å²) in [4.78, 5) is 0. The van der Waals surface area contributed by atoms with Gasteiger partial charge in [0.1, 0.15) is 6.73 Å². The lowest BCUT2D eigenvalue weighted by Gasteiger charge is -2.32. The molecule has 0 bridgehead atoms. The fourth-order valence-electron chi connectivity index (χ4n) is 2.51. The first-order valence-electron chi connectivity index (χ1n) is 6.60. The molecule has 1 unspecified atom stereocenters. The Bertz CT molecular complexity index is 494. The van der Waals surface area contributed by atoms with Gasteiger partial charge in [-0.15, -0.1) is 0 Å². The van der Waals surface area contributed by atoms with Gasteiger partial charge in [-0.3, -0.25) is 0 Å². The highest BCUT2D eigenvalue weighted by Gasteiger charge is 2.30. The molecule has 1 aromatic rings. The summed E-state index contributed by atoms with van der Waals surface area (Å²) >= 11 is 0. The van der Waals surface area contributed by atoms with Crippen molar-refractivity contribution in [3.8, 4) is 0 Å². The number of hydrogen-bond acceptors (Lipinski definition) is 3. The topological polar surface area (TPSA) is 47.3 Å². The Morgan fingerprint density at radius 3 is 2.84 bits per heavy atom. The van der Waals surface area contributed by atoms with E-state index in [1.807, 2.05) is 0 Å². The zero-order valence-corrected chi connectivity index (χ0v) is 11.6. The maximum atomic E-state index is 6.06. The molecule has 1 aliphatic carbocycles. The molecule has 0 amide bonds. The second-order valence-corrected chi connectivity index (χ2v) is 5.01. The van der Waals surface area contributed by atoms with E-state index in [9.17, 15) is 0 Å². The molecule has 1 aromatic carbocycles. The van der Waals surface area contributed by atoms with Gasteiger partial charge in [-0.2, -0.15) is 0 Å². The molecule has 2 rings (SSSR count). The van der Waals surface area contributed by atoms with E-state index in [1.165, 1.54) is 11.1 Å². The van der Waals surface area contributed by atoms with Crippen molar-refractivity contribution in [2.24, 2.45) is 5.73 Å². The Kier molecular flexibility index (Phi) is 4.40. The zero-order valence-electron chi connectivity index (χ0n) is 11.6. The standard InChI is InChI=1S/C16H22N2O/c1-13-6-7-14(15(10-13)18-12-19-2)16(11-17)8-4-3-5-9-16/h3-8,10,18H,9,11-12,17H2,1-2H3. The molecule has 3 N–H and O–H groups in total. The number of nitrogens with one attached hydrogen (secondary N) is 1. The second-order valence-electron chi connectivity index (χ2n) is 5.01. The van der Waals surface area contributed by atoms with Crippen LogP contribution in [0.5, 0.6) is 0 Å². The Morgan fingerprint density at radius 1 is 1.37 bits per heavy atom. The molecule has 0 radical (unpaired) electrons. The summed E-state index contributed by atoms with van der Waals surface area (Å²) in [6.07, 6.45) is 9.47. The van der Waals surface area contributed by atoms with Crippen LogP contribution in [0, 0.1) is 6.92 Å². The smallest absolute Gasteiger partial charge is 0.116 e. The van der Waals surface area contributed by atoms with Crippen molar-refractivity contribution in [2.75, 3.05) is 25.7 Å². The lowest BCUT2D eigenvalue weighted by atomic mass is 9.74. The number of benzene rings is 1. The molecule has 0 saturated carbocycles. The maximum Gasteiger partial charge on any atom is 0.116 e. The fraction of sp³-hybridized carbons (Fsp3) is 0.375. The molecule has 0 aliphatic heterocycles. The van der Waals surface area contributed by atoms with E-state index < -0.39 is 0 Å². The number of methoxy groups -OCH3 is 1. The van der Waals surface area contributed by atoms with Gasteiger partial charge in [-0.05, 0) is 30.5 Å². The average Bonchev–Trinajstić information content (AvgIpc) is 2.46. The van der Waals surface area contributed by atoms with Crippen LogP contribution < -0.4 is 11.1 Å². The minimum atomic E-state index is -0.113. The van der Waals surface area contributed by atoms with E-state index in [4.69, 9.17) is 10.5 Å². The van der Waals surface area contributed by atoms with Gasteiger partial charge in [0.15, 0.2) is 0 Å². The van der Waals surface area contributed by atoms with Gasteiger partial charge in [0.25, 0.3) is 0 Å². The molecule has 0 heterocycles. The highest BCUT2D eigenvalue weighted by molar-refractivity contribution is 5.59. The van der Waals surface area contributed by atoms with Gasteiger partial charge >= 0.3 is 0 Å². The first-order valence-corrected chi connectivity index (χ1v) is 6.60. The number of allylic oxidation sites excluding steroid dienone is 3. The first-order chi connectivity index (χ1) is 9.22. The number of nitrogens with two attached hydrogens (primary N) is 1. The molecule has 102 valence electrons. The quantitative estimate of drug-likeness (QED) is 0.798. The van der Waals surface area contributed by atoms with Gasteiger partial charge in [-0.1, -0.05) is 36.4 Å². The number of ether oxygens (including phenoxy) is 1. The summed E-state index contributed by atoms with van der Waals surface area (Å²) < 4.78 is 5.12. The van der Waals surface area contributed by atoms with Crippen LogP contribution >= 0.6 is 0 Å². The molecular weight excluding hydrogens is 236 g/mol. The van der Waals surface area contributed by atoms with E-state index >= 15 is 0 Å². The summed E-state index contributed by atoms with van der Waals surface area (Å²) in [7, 11) is 1.68. The van der Waals surface area contributed by atoms with Gasteiger partial charge in [0.2, 0.25) is 0 Å². The summed E-state index contributed by atoms with van der Waals surface area (Å²) in [5.41, 5.74) is 9.51. The van der Waals surface area contributed by atoms with Crippen molar-refractivity contribution in [3.63, 3.8) is 0 Å². The second kappa shape index (κ2) is 6.04. The molecule has 3 heteroatoms. The van der Waals surface area contributed by atoms with E-state index in [-0.39, 0.29) is 5.41 Å². The third kappa shape index (κ3) is 2.88. The number of hydrogen-bond donors (Lipinski definition) is 2. The molecule has 0 saturated heterocycles. The minimum Gasteiger partial charge on any atom is -0.365 e. The van der Waals surface area contributed by atoms with Gasteiger partial charge in [0, 0.05) is 24.8 Å². The Hall–Kier alpha value is -1.58. The fourth-order valence-corrected chi connectivity index (χ4v) is 2.51. The highest BCUT2D eigenvalue weighted by Crippen LogP contribution is 2.36. The summed E-state index contributed by atoms with van der Waals surface area (Å²) in [5.74, 6) is 0. The van der Waals surface area contributed by atoms with Crippen LogP contribution in [-0.4, -0.2) is 20.4 Å². The van der Waals surface area contributed by atoms with Crippen LogP contribution in [0.1, 0.15) is 17.5 Å². The van der Waals surface area contributed by atoms with Crippen molar-refractivity contribution in [1.82, 2.24) is 0 Å². The monoisotopic (exact) mass is 258 g/mol. The van der Waals surface area contributed by atoms with Crippen LogP contribution in [0.4, 0.5) is 5.69 Å². The van der Waals surface area contributed by atoms with Crippen molar-refractivity contribution in [2.45, 2.75) is 18.8 Å². The predicted octanol–water partition coefficient (Wildman–Crippen LogP) is 2.72. The molecule has 19 heavy (non-hydrogen) atoms. The van der Waals surface area contributed by atoms with Crippen LogP contribution in [0.3, 0.4) is 0 Å². The number of anilines is 1. The van der Waals surface area contributed by atoms with Crippen LogP contribution in [0.15, 0.2) is 42.5 Å². The van der Waals surface area contributed by atoms with Gasteiger partial charge < -0.3 is 15.8 Å². The lowest BCUT2D eigenvalue weighted by Crippen LogP contribution is -2.34. The van der Waals surface area contributed by atoms with Crippen LogP contribution in [-0.2, 0) is 10.2 Å². The molecular formula is C16H22N2O. The average molecular weight is 258 g/mol. The van der Waals surface area contributed by atoms with Crippen molar-refractivity contribution in [3.05, 3.63) is 53.6 Å². The maximum absolute atomic E-state index is 6.06. The van der Waals surface area contributed by atoms with Crippen LogP contribution in [0.2, 0.25) is 0 Å². The summed E-state index contributed by atoms with van der Waals surface area (Å²) in [6.45, 7) is 3.18. The SMILES string of the molecule is COCNc1cc(C)ccc1C1(CN)C=CC=CC1. The highest BCUT2D eigenvalue weighted by atomic mass is 16.5. The van der Waals surface area contributed by atoms with E-state index in [1.54, 1.807) is 7.11 Å². The number of rotatable bonds is 5. The first kappa shape index (κ1) is 13.8. The van der Waals surface area contributed by atoms with Gasteiger partial charge in [-0.25, -0.2) is 0 Å². The predicted molar refractivity (Wildman–Crippen MR) is 80.3 cm³/mol. The Labute approximate surface area is 115 Å². The molecule has 0 aromatic heterocycles.